The maximum Gasteiger partial charge on any atom is 0.318 e. The van der Waals surface area contributed by atoms with Crippen LogP contribution in [0.3, 0.4) is 0 Å². The van der Waals surface area contributed by atoms with E-state index in [1.54, 1.807) is 4.90 Å². The number of nitrogens with zero attached hydrogens (tertiary/aromatic N) is 6. The molecule has 3 aliphatic rings. The van der Waals surface area contributed by atoms with Crippen LogP contribution in [0, 0.1) is 11.3 Å². The molecule has 1 aromatic heterocycles. The number of para-hydroxylation sites is 1. The molecule has 0 spiro atoms. The summed E-state index contributed by atoms with van der Waals surface area (Å²) in [7, 11) is 0. The lowest BCUT2D eigenvalue weighted by molar-refractivity contribution is -0.128. The minimum Gasteiger partial charge on any atom is -0.459 e. The maximum absolute atomic E-state index is 12.5. The van der Waals surface area contributed by atoms with Crippen LogP contribution in [0.15, 0.2) is 61.2 Å². The highest BCUT2D eigenvalue weighted by molar-refractivity contribution is 5.87. The summed E-state index contributed by atoms with van der Waals surface area (Å²) >= 11 is 0. The molecule has 1 unspecified atom stereocenters. The molecule has 2 aromatic carbocycles. The first-order valence-electron chi connectivity index (χ1n) is 14.3. The highest BCUT2D eigenvalue weighted by Gasteiger charge is 2.35. The van der Waals surface area contributed by atoms with Crippen LogP contribution in [0.2, 0.25) is 0 Å². The van der Waals surface area contributed by atoms with Crippen molar-refractivity contribution in [2.45, 2.75) is 50.8 Å². The summed E-state index contributed by atoms with van der Waals surface area (Å²) in [5.41, 5.74) is 12.5. The highest BCUT2D eigenvalue weighted by Crippen LogP contribution is 2.37. The number of piperazine rings is 1. The Kier molecular flexibility index (Phi) is 7.47. The van der Waals surface area contributed by atoms with Gasteiger partial charge in [-0.05, 0) is 54.7 Å². The smallest absolute Gasteiger partial charge is 0.318 e. The van der Waals surface area contributed by atoms with Crippen LogP contribution >= 0.6 is 0 Å². The fraction of sp³-hybridized carbons (Fsp3) is 0.375. The Balaban J connectivity index is 1.31. The molecule has 0 bridgehead atoms. The largest absolute Gasteiger partial charge is 0.459 e. The van der Waals surface area contributed by atoms with Crippen LogP contribution in [-0.2, 0) is 30.7 Å². The third-order valence-electron chi connectivity index (χ3n) is 8.46. The summed E-state index contributed by atoms with van der Waals surface area (Å²) in [5, 5.41) is 9.49. The second-order valence-corrected chi connectivity index (χ2v) is 11.0. The fourth-order valence-electron chi connectivity index (χ4n) is 6.46. The number of nitrogens with two attached hydrogens (primary N) is 1. The Bertz CT molecular complexity index is 1500. The van der Waals surface area contributed by atoms with Crippen molar-refractivity contribution in [1.29, 1.82) is 5.26 Å². The van der Waals surface area contributed by atoms with E-state index in [2.05, 4.69) is 46.7 Å². The van der Waals surface area contributed by atoms with Crippen LogP contribution in [-0.4, -0.2) is 59.0 Å². The van der Waals surface area contributed by atoms with Gasteiger partial charge >= 0.3 is 6.01 Å². The number of anilines is 3. The van der Waals surface area contributed by atoms with Gasteiger partial charge in [0.1, 0.15) is 12.4 Å². The first-order chi connectivity index (χ1) is 20.0. The van der Waals surface area contributed by atoms with Crippen molar-refractivity contribution in [2.24, 2.45) is 0 Å². The average molecular weight is 550 g/mol. The third-order valence-corrected chi connectivity index (χ3v) is 8.46. The van der Waals surface area contributed by atoms with E-state index in [-0.39, 0.29) is 18.4 Å². The lowest BCUT2D eigenvalue weighted by Gasteiger charge is -2.42. The number of amides is 1. The van der Waals surface area contributed by atoms with Gasteiger partial charge < -0.3 is 25.2 Å². The van der Waals surface area contributed by atoms with Gasteiger partial charge in [0, 0.05) is 55.6 Å². The van der Waals surface area contributed by atoms with E-state index in [0.717, 1.165) is 54.9 Å². The number of carbonyl (C=O) groups excluding carboxylic acids is 1. The molecule has 2 aliphatic heterocycles. The number of fused-ring (bicyclic) bond motifs is 2. The Morgan fingerprint density at radius 3 is 2.85 bits per heavy atom. The molecule has 2 N–H and O–H groups in total. The number of benzene rings is 2. The van der Waals surface area contributed by atoms with Gasteiger partial charge in [0.05, 0.1) is 24.2 Å². The summed E-state index contributed by atoms with van der Waals surface area (Å²) < 4.78 is 6.16. The van der Waals surface area contributed by atoms with E-state index >= 15 is 0 Å². The molecule has 0 radical (unpaired) electrons. The van der Waals surface area contributed by atoms with Gasteiger partial charge in [-0.3, -0.25) is 4.79 Å². The van der Waals surface area contributed by atoms with Crippen molar-refractivity contribution >= 4 is 23.1 Å². The molecule has 3 aromatic rings. The van der Waals surface area contributed by atoms with Crippen molar-refractivity contribution in [1.82, 2.24) is 14.9 Å². The van der Waals surface area contributed by atoms with Gasteiger partial charge in [0.2, 0.25) is 5.91 Å². The number of carbonyl (C=O) groups is 1. The van der Waals surface area contributed by atoms with E-state index < -0.39 is 0 Å². The van der Waals surface area contributed by atoms with Crippen molar-refractivity contribution in [2.75, 3.05) is 41.7 Å². The van der Waals surface area contributed by atoms with Crippen molar-refractivity contribution in [3.8, 4) is 12.1 Å². The number of nitrogen functional groups attached to an aromatic ring is 1. The van der Waals surface area contributed by atoms with Crippen LogP contribution in [0.1, 0.15) is 35.2 Å². The molecule has 210 valence electrons. The first-order valence-corrected chi connectivity index (χ1v) is 14.3. The minimum atomic E-state index is -0.237. The van der Waals surface area contributed by atoms with Crippen molar-refractivity contribution in [3.63, 3.8) is 0 Å². The van der Waals surface area contributed by atoms with E-state index in [4.69, 9.17) is 20.4 Å². The number of nitriles is 1. The quantitative estimate of drug-likeness (QED) is 0.351. The summed E-state index contributed by atoms with van der Waals surface area (Å²) in [6, 6.07) is 19.0. The SMILES string of the molecule is C=CC(=O)N1CCN(c2nc(OCc3cccc(N)c3)nc3c2CCC(N2CCc4ccccc42)C3)C[C@@H]1CC#N. The molecule has 1 fully saturated rings. The average Bonchev–Trinajstić information content (AvgIpc) is 3.43. The number of aromatic nitrogens is 2. The van der Waals surface area contributed by atoms with Gasteiger partial charge in [-0.1, -0.05) is 36.9 Å². The zero-order chi connectivity index (χ0) is 28.3. The normalized spacial score (nSPS) is 19.7. The molecule has 3 heterocycles. The first kappa shape index (κ1) is 26.6. The molecule has 0 saturated carbocycles. The van der Waals surface area contributed by atoms with Crippen LogP contribution in [0.25, 0.3) is 0 Å². The molecule has 9 heteroatoms. The summed E-state index contributed by atoms with van der Waals surface area (Å²) in [6.45, 7) is 6.61. The van der Waals surface area contributed by atoms with Crippen LogP contribution < -0.4 is 20.3 Å². The predicted molar refractivity (Wildman–Crippen MR) is 159 cm³/mol. The summed E-state index contributed by atoms with van der Waals surface area (Å²) in [6.07, 6.45) is 5.32. The van der Waals surface area contributed by atoms with Crippen LogP contribution in [0.4, 0.5) is 17.2 Å². The minimum absolute atomic E-state index is 0.144. The molecular weight excluding hydrogens is 514 g/mol. The van der Waals surface area contributed by atoms with Gasteiger partial charge in [-0.15, -0.1) is 0 Å². The Labute approximate surface area is 240 Å². The molecular formula is C32H35N7O2. The molecule has 1 aliphatic carbocycles. The Morgan fingerprint density at radius 2 is 2.02 bits per heavy atom. The van der Waals surface area contributed by atoms with Crippen LogP contribution in [0.5, 0.6) is 6.01 Å². The maximum atomic E-state index is 12.5. The van der Waals surface area contributed by atoms with E-state index in [0.29, 0.717) is 44.0 Å². The summed E-state index contributed by atoms with van der Waals surface area (Å²) in [4.78, 5) is 28.9. The number of rotatable bonds is 7. The van der Waals surface area contributed by atoms with Crippen molar-refractivity contribution in [3.05, 3.63) is 83.6 Å². The van der Waals surface area contributed by atoms with E-state index in [1.807, 2.05) is 24.3 Å². The summed E-state index contributed by atoms with van der Waals surface area (Å²) in [5.74, 6) is 0.709. The Hall–Kier alpha value is -4.58. The Morgan fingerprint density at radius 1 is 1.15 bits per heavy atom. The van der Waals surface area contributed by atoms with Crippen molar-refractivity contribution < 1.29 is 9.53 Å². The standard InChI is InChI=1S/C32H35N7O2/c1-2-30(40)39-17-16-37(20-26(39)12-14-33)31-27-11-10-25(38-15-13-23-7-3-4-9-29(23)38)19-28(27)35-32(36-31)41-21-22-6-5-8-24(34)18-22/h2-9,18,25-26H,1,10-13,15-17,19-21,34H2/t25?,26-/m0/s1. The zero-order valence-corrected chi connectivity index (χ0v) is 23.2. The lowest BCUT2D eigenvalue weighted by atomic mass is 9.90. The zero-order valence-electron chi connectivity index (χ0n) is 23.2. The van der Waals surface area contributed by atoms with Gasteiger partial charge in [0.25, 0.3) is 0 Å². The predicted octanol–water partition coefficient (Wildman–Crippen LogP) is 3.67. The molecule has 41 heavy (non-hydrogen) atoms. The molecule has 6 rings (SSSR count). The third kappa shape index (κ3) is 5.42. The highest BCUT2D eigenvalue weighted by atomic mass is 16.5. The number of ether oxygens (including phenoxy) is 1. The monoisotopic (exact) mass is 549 g/mol. The number of hydrogen-bond acceptors (Lipinski definition) is 8. The molecule has 9 nitrogen and oxygen atoms in total. The molecule has 1 saturated heterocycles. The lowest BCUT2D eigenvalue weighted by Crippen LogP contribution is -2.55. The van der Waals surface area contributed by atoms with E-state index in [1.165, 1.54) is 17.3 Å². The van der Waals surface area contributed by atoms with E-state index in [9.17, 15) is 10.1 Å². The topological polar surface area (TPSA) is 112 Å². The fourth-order valence-corrected chi connectivity index (χ4v) is 6.46. The van der Waals surface area contributed by atoms with Gasteiger partial charge in [0.15, 0.2) is 0 Å². The number of hydrogen-bond donors (Lipinski definition) is 1. The second kappa shape index (κ2) is 11.5. The second-order valence-electron chi connectivity index (χ2n) is 11.0. The van der Waals surface area contributed by atoms with Gasteiger partial charge in [-0.25, -0.2) is 0 Å². The molecule has 1 amide bonds. The molecule has 2 atom stereocenters. The van der Waals surface area contributed by atoms with Gasteiger partial charge in [-0.2, -0.15) is 15.2 Å².